The second-order valence-corrected chi connectivity index (χ2v) is 5.33. The van der Waals surface area contributed by atoms with E-state index < -0.39 is 0 Å². The van der Waals surface area contributed by atoms with Gasteiger partial charge in [0.25, 0.3) is 0 Å². The molecule has 0 aliphatic rings. The lowest BCUT2D eigenvalue weighted by Gasteiger charge is -2.06. The predicted molar refractivity (Wildman–Crippen MR) is 84.4 cm³/mol. The van der Waals surface area contributed by atoms with E-state index in [0.29, 0.717) is 6.54 Å². The van der Waals surface area contributed by atoms with Crippen LogP contribution in [0, 0.1) is 6.92 Å². The van der Waals surface area contributed by atoms with Gasteiger partial charge < -0.3 is 5.32 Å². The lowest BCUT2D eigenvalue weighted by Crippen LogP contribution is -2.29. The Labute approximate surface area is 128 Å². The van der Waals surface area contributed by atoms with Gasteiger partial charge in [-0.3, -0.25) is 14.2 Å². The lowest BCUT2D eigenvalue weighted by atomic mass is 10.1. The van der Waals surface area contributed by atoms with Crippen LogP contribution in [-0.2, 0) is 24.8 Å². The Bertz CT molecular complexity index is 788. The first-order valence-electron chi connectivity index (χ1n) is 7.31. The van der Waals surface area contributed by atoms with E-state index in [1.165, 1.54) is 5.56 Å². The zero-order chi connectivity index (χ0) is 15.5. The van der Waals surface area contributed by atoms with Crippen molar-refractivity contribution in [2.45, 2.75) is 19.9 Å². The minimum Gasteiger partial charge on any atom is -0.354 e. The second-order valence-electron chi connectivity index (χ2n) is 5.33. The van der Waals surface area contributed by atoms with Crippen LogP contribution in [0.1, 0.15) is 11.3 Å². The van der Waals surface area contributed by atoms with Gasteiger partial charge in [-0.25, -0.2) is 0 Å². The lowest BCUT2D eigenvalue weighted by molar-refractivity contribution is -0.121. The quantitative estimate of drug-likeness (QED) is 0.775. The number of amides is 1. The van der Waals surface area contributed by atoms with Crippen LogP contribution in [0.2, 0.25) is 0 Å². The number of nitrogens with one attached hydrogen (secondary N) is 1. The van der Waals surface area contributed by atoms with E-state index in [0.717, 1.165) is 23.1 Å². The monoisotopic (exact) mass is 297 g/mol. The van der Waals surface area contributed by atoms with Crippen LogP contribution >= 0.6 is 0 Å². The molecule has 0 radical (unpaired) electrons. The summed E-state index contributed by atoms with van der Waals surface area (Å²) in [5.74, 6) is -0.0378. The normalized spacial score (nSPS) is 11.0. The number of carbonyl (C=O) groups excluding carboxylic acids is 1. The minimum absolute atomic E-state index is 0.0378. The minimum atomic E-state index is -0.0378. The first-order valence-corrected chi connectivity index (χ1v) is 7.31. The van der Waals surface area contributed by atoms with E-state index in [4.69, 9.17) is 0 Å². The highest BCUT2D eigenvalue weighted by Gasteiger charge is 2.13. The molecule has 6 heteroatoms. The molecule has 0 fully saturated rings. The zero-order valence-corrected chi connectivity index (χ0v) is 12.8. The number of aryl methyl sites for hydroxylation is 2. The number of rotatable bonds is 5. The summed E-state index contributed by atoms with van der Waals surface area (Å²) in [6.45, 7) is 2.76. The van der Waals surface area contributed by atoms with E-state index in [1.54, 1.807) is 15.6 Å². The molecule has 22 heavy (non-hydrogen) atoms. The second kappa shape index (κ2) is 6.01. The molecule has 0 aliphatic heterocycles. The standard InChI is InChI=1S/C16H19N5O/c1-12-16-14(20(2)19-12)10-18-21(16)11-15(22)17-9-8-13-6-4-3-5-7-13/h3-7,10H,8-9,11H2,1-2H3,(H,17,22). The van der Waals surface area contributed by atoms with Crippen LogP contribution in [0.5, 0.6) is 0 Å². The fourth-order valence-electron chi connectivity index (χ4n) is 2.61. The number of aromatic nitrogens is 4. The summed E-state index contributed by atoms with van der Waals surface area (Å²) in [4.78, 5) is 12.1. The fraction of sp³-hybridized carbons (Fsp3) is 0.312. The van der Waals surface area contributed by atoms with Crippen molar-refractivity contribution < 1.29 is 4.79 Å². The average molecular weight is 297 g/mol. The van der Waals surface area contributed by atoms with Gasteiger partial charge in [-0.05, 0) is 18.9 Å². The highest BCUT2D eigenvalue weighted by atomic mass is 16.2. The van der Waals surface area contributed by atoms with Gasteiger partial charge in [-0.15, -0.1) is 0 Å². The summed E-state index contributed by atoms with van der Waals surface area (Å²) >= 11 is 0. The van der Waals surface area contributed by atoms with Crippen molar-refractivity contribution in [2.24, 2.45) is 7.05 Å². The highest BCUT2D eigenvalue weighted by molar-refractivity contribution is 5.81. The van der Waals surface area contributed by atoms with Gasteiger partial charge in [-0.2, -0.15) is 10.2 Å². The summed E-state index contributed by atoms with van der Waals surface area (Å²) in [7, 11) is 1.88. The van der Waals surface area contributed by atoms with Gasteiger partial charge in [-0.1, -0.05) is 30.3 Å². The molecule has 114 valence electrons. The molecular weight excluding hydrogens is 278 g/mol. The van der Waals surface area contributed by atoms with Gasteiger partial charge in [0.2, 0.25) is 5.91 Å². The molecule has 2 aromatic heterocycles. The predicted octanol–water partition coefficient (Wildman–Crippen LogP) is 1.44. The Hall–Kier alpha value is -2.63. The van der Waals surface area contributed by atoms with Crippen molar-refractivity contribution in [3.63, 3.8) is 0 Å². The van der Waals surface area contributed by atoms with Crippen molar-refractivity contribution in [1.29, 1.82) is 0 Å². The first-order chi connectivity index (χ1) is 10.6. The molecule has 0 unspecified atom stereocenters. The SMILES string of the molecule is Cc1nn(C)c2cnn(CC(=O)NCCc3ccccc3)c12. The average Bonchev–Trinajstić information content (AvgIpc) is 3.03. The fourth-order valence-corrected chi connectivity index (χ4v) is 2.61. The summed E-state index contributed by atoms with van der Waals surface area (Å²) in [5.41, 5.74) is 3.95. The number of hydrogen-bond acceptors (Lipinski definition) is 3. The third kappa shape index (κ3) is 2.86. The molecule has 0 atom stereocenters. The Morgan fingerprint density at radius 3 is 2.82 bits per heavy atom. The van der Waals surface area contributed by atoms with Crippen molar-refractivity contribution in [1.82, 2.24) is 24.9 Å². The third-order valence-corrected chi connectivity index (χ3v) is 3.68. The molecule has 0 saturated heterocycles. The molecule has 1 N–H and O–H groups in total. The van der Waals surface area contributed by atoms with Gasteiger partial charge >= 0.3 is 0 Å². The van der Waals surface area contributed by atoms with Gasteiger partial charge in [0.15, 0.2) is 0 Å². The summed E-state index contributed by atoms with van der Waals surface area (Å²) < 4.78 is 3.48. The van der Waals surface area contributed by atoms with Crippen LogP contribution < -0.4 is 5.32 Å². The van der Waals surface area contributed by atoms with Crippen molar-refractivity contribution in [3.8, 4) is 0 Å². The first kappa shape index (κ1) is 14.3. The zero-order valence-electron chi connectivity index (χ0n) is 12.8. The molecule has 3 rings (SSSR count). The van der Waals surface area contributed by atoms with E-state index in [9.17, 15) is 4.79 Å². The van der Waals surface area contributed by atoms with Gasteiger partial charge in [0.1, 0.15) is 17.6 Å². The summed E-state index contributed by atoms with van der Waals surface area (Å²) in [5, 5.41) is 11.6. The topological polar surface area (TPSA) is 64.7 Å². The van der Waals surface area contributed by atoms with Crippen molar-refractivity contribution in [2.75, 3.05) is 6.54 Å². The molecule has 3 aromatic rings. The molecule has 6 nitrogen and oxygen atoms in total. The Morgan fingerprint density at radius 1 is 1.27 bits per heavy atom. The summed E-state index contributed by atoms with van der Waals surface area (Å²) in [6.07, 6.45) is 2.57. The molecule has 1 aromatic carbocycles. The van der Waals surface area contributed by atoms with Crippen LogP contribution in [0.25, 0.3) is 11.0 Å². The molecule has 1 amide bonds. The maximum atomic E-state index is 12.1. The molecule has 0 saturated carbocycles. The largest absolute Gasteiger partial charge is 0.354 e. The Balaban J connectivity index is 1.59. The van der Waals surface area contributed by atoms with Crippen molar-refractivity contribution >= 4 is 16.9 Å². The maximum Gasteiger partial charge on any atom is 0.241 e. The number of benzene rings is 1. The third-order valence-electron chi connectivity index (χ3n) is 3.68. The molecule has 2 heterocycles. The van der Waals surface area contributed by atoms with E-state index in [2.05, 4.69) is 27.6 Å². The van der Waals surface area contributed by atoms with Gasteiger partial charge in [0.05, 0.1) is 11.9 Å². The molecule has 0 aliphatic carbocycles. The maximum absolute atomic E-state index is 12.1. The number of fused-ring (bicyclic) bond motifs is 1. The van der Waals surface area contributed by atoms with Gasteiger partial charge in [0, 0.05) is 13.6 Å². The van der Waals surface area contributed by atoms with Crippen LogP contribution in [0.4, 0.5) is 0 Å². The highest BCUT2D eigenvalue weighted by Crippen LogP contribution is 2.16. The number of carbonyl (C=O) groups is 1. The van der Waals surface area contributed by atoms with Crippen LogP contribution in [-0.4, -0.2) is 32.0 Å². The number of nitrogens with zero attached hydrogens (tertiary/aromatic N) is 4. The molecule has 0 spiro atoms. The smallest absolute Gasteiger partial charge is 0.241 e. The molecular formula is C16H19N5O. The van der Waals surface area contributed by atoms with E-state index in [1.807, 2.05) is 32.2 Å². The van der Waals surface area contributed by atoms with Crippen molar-refractivity contribution in [3.05, 3.63) is 47.8 Å². The Morgan fingerprint density at radius 2 is 2.05 bits per heavy atom. The Kier molecular flexibility index (Phi) is 3.91. The summed E-state index contributed by atoms with van der Waals surface area (Å²) in [6, 6.07) is 10.1. The van der Waals surface area contributed by atoms with Crippen LogP contribution in [0.3, 0.4) is 0 Å². The van der Waals surface area contributed by atoms with E-state index >= 15 is 0 Å². The molecule has 0 bridgehead atoms. The van der Waals surface area contributed by atoms with Crippen LogP contribution in [0.15, 0.2) is 36.5 Å². The van der Waals surface area contributed by atoms with E-state index in [-0.39, 0.29) is 12.5 Å². The number of hydrogen-bond donors (Lipinski definition) is 1.